The highest BCUT2D eigenvalue weighted by atomic mass is 15.2. The van der Waals surface area contributed by atoms with E-state index in [4.69, 9.17) is 5.73 Å². The van der Waals surface area contributed by atoms with E-state index in [1.807, 2.05) is 12.4 Å². The third-order valence-electron chi connectivity index (χ3n) is 2.99. The number of nitrogens with zero attached hydrogens (tertiary/aromatic N) is 2. The van der Waals surface area contributed by atoms with Crippen LogP contribution in [0.1, 0.15) is 24.9 Å². The molecule has 1 aromatic heterocycles. The Morgan fingerprint density at radius 2 is 2.21 bits per heavy atom. The smallest absolute Gasteiger partial charge is 0.0321 e. The maximum Gasteiger partial charge on any atom is 0.0321 e. The van der Waals surface area contributed by atoms with Gasteiger partial charge in [0.15, 0.2) is 0 Å². The fourth-order valence-corrected chi connectivity index (χ4v) is 2.02. The Labute approximate surface area is 84.9 Å². The Balaban J connectivity index is 2.05. The van der Waals surface area contributed by atoms with E-state index in [2.05, 4.69) is 28.9 Å². The van der Waals surface area contributed by atoms with Crippen molar-refractivity contribution in [2.75, 3.05) is 13.1 Å². The third kappa shape index (κ3) is 1.94. The minimum Gasteiger partial charge on any atom is -0.326 e. The Hall–Kier alpha value is -0.930. The third-order valence-corrected chi connectivity index (χ3v) is 2.99. The zero-order valence-electron chi connectivity index (χ0n) is 8.56. The molecule has 2 heterocycles. The van der Waals surface area contributed by atoms with Crippen LogP contribution in [-0.2, 0) is 0 Å². The molecule has 2 unspecified atom stereocenters. The van der Waals surface area contributed by atoms with Gasteiger partial charge in [-0.2, -0.15) is 0 Å². The van der Waals surface area contributed by atoms with Gasteiger partial charge in [0.1, 0.15) is 0 Å². The number of pyridine rings is 1. The maximum absolute atomic E-state index is 5.89. The normalized spacial score (nSPS) is 25.1. The van der Waals surface area contributed by atoms with Gasteiger partial charge < -0.3 is 5.73 Å². The molecule has 0 amide bonds. The highest BCUT2D eigenvalue weighted by Crippen LogP contribution is 2.23. The van der Waals surface area contributed by atoms with Crippen LogP contribution in [-0.4, -0.2) is 29.0 Å². The number of likely N-dealkylation sites (tertiary alicyclic amines) is 1. The molecule has 76 valence electrons. The Kier molecular flexibility index (Phi) is 2.79. The largest absolute Gasteiger partial charge is 0.326 e. The van der Waals surface area contributed by atoms with E-state index < -0.39 is 0 Å². The van der Waals surface area contributed by atoms with Crippen molar-refractivity contribution in [3.8, 4) is 0 Å². The van der Waals surface area contributed by atoms with Crippen molar-refractivity contribution in [1.29, 1.82) is 0 Å². The van der Waals surface area contributed by atoms with E-state index >= 15 is 0 Å². The van der Waals surface area contributed by atoms with Crippen LogP contribution in [0.5, 0.6) is 0 Å². The van der Waals surface area contributed by atoms with Crippen molar-refractivity contribution in [1.82, 2.24) is 9.88 Å². The number of aromatic nitrogens is 1. The lowest BCUT2D eigenvalue weighted by atomic mass is 10.1. The molecule has 14 heavy (non-hydrogen) atoms. The van der Waals surface area contributed by atoms with E-state index in [1.54, 1.807) is 0 Å². The zero-order chi connectivity index (χ0) is 9.97. The van der Waals surface area contributed by atoms with Crippen LogP contribution in [0.25, 0.3) is 0 Å². The second kappa shape index (κ2) is 4.07. The van der Waals surface area contributed by atoms with Gasteiger partial charge in [0.05, 0.1) is 0 Å². The summed E-state index contributed by atoms with van der Waals surface area (Å²) in [5, 5.41) is 0. The first-order valence-corrected chi connectivity index (χ1v) is 5.17. The Morgan fingerprint density at radius 3 is 2.79 bits per heavy atom. The van der Waals surface area contributed by atoms with Gasteiger partial charge in [-0.3, -0.25) is 9.88 Å². The molecule has 0 saturated carbocycles. The van der Waals surface area contributed by atoms with Gasteiger partial charge in [0.25, 0.3) is 0 Å². The van der Waals surface area contributed by atoms with Gasteiger partial charge in [-0.1, -0.05) is 0 Å². The lowest BCUT2D eigenvalue weighted by molar-refractivity contribution is 0.260. The summed E-state index contributed by atoms with van der Waals surface area (Å²) < 4.78 is 0. The standard InChI is InChI=1S/C11H17N3/c1-9(10-2-5-13-6-3-10)14-7-4-11(12)8-14/h2-3,5-6,9,11H,4,7-8,12H2,1H3. The van der Waals surface area contributed by atoms with Crippen molar-refractivity contribution in [3.05, 3.63) is 30.1 Å². The molecule has 1 fully saturated rings. The second-order valence-electron chi connectivity index (χ2n) is 4.00. The summed E-state index contributed by atoms with van der Waals surface area (Å²) in [6.45, 7) is 4.36. The predicted octanol–water partition coefficient (Wildman–Crippen LogP) is 1.18. The summed E-state index contributed by atoms with van der Waals surface area (Å²) in [5.74, 6) is 0. The highest BCUT2D eigenvalue weighted by molar-refractivity contribution is 5.14. The summed E-state index contributed by atoms with van der Waals surface area (Å²) in [6, 6.07) is 4.98. The quantitative estimate of drug-likeness (QED) is 0.763. The van der Waals surface area contributed by atoms with Crippen LogP contribution >= 0.6 is 0 Å². The summed E-state index contributed by atoms with van der Waals surface area (Å²) in [7, 11) is 0. The predicted molar refractivity (Wildman–Crippen MR) is 56.8 cm³/mol. The monoisotopic (exact) mass is 191 g/mol. The van der Waals surface area contributed by atoms with E-state index in [-0.39, 0.29) is 0 Å². The van der Waals surface area contributed by atoms with E-state index in [1.165, 1.54) is 5.56 Å². The molecule has 1 aliphatic heterocycles. The lowest BCUT2D eigenvalue weighted by Gasteiger charge is -2.24. The molecule has 2 N–H and O–H groups in total. The van der Waals surface area contributed by atoms with E-state index in [0.29, 0.717) is 12.1 Å². The van der Waals surface area contributed by atoms with Crippen LogP contribution in [0.15, 0.2) is 24.5 Å². The number of hydrogen-bond acceptors (Lipinski definition) is 3. The molecule has 2 atom stereocenters. The van der Waals surface area contributed by atoms with Crippen molar-refractivity contribution in [3.63, 3.8) is 0 Å². The van der Waals surface area contributed by atoms with Gasteiger partial charge in [-0.05, 0) is 31.0 Å². The summed E-state index contributed by atoms with van der Waals surface area (Å²) >= 11 is 0. The van der Waals surface area contributed by atoms with Crippen LogP contribution in [0.4, 0.5) is 0 Å². The fourth-order valence-electron chi connectivity index (χ4n) is 2.02. The minimum absolute atomic E-state index is 0.360. The van der Waals surface area contributed by atoms with Gasteiger partial charge in [-0.25, -0.2) is 0 Å². The molecule has 0 aliphatic carbocycles. The van der Waals surface area contributed by atoms with Crippen molar-refractivity contribution in [2.45, 2.75) is 25.4 Å². The molecule has 1 aromatic rings. The van der Waals surface area contributed by atoms with E-state index in [9.17, 15) is 0 Å². The summed E-state index contributed by atoms with van der Waals surface area (Å²) in [4.78, 5) is 6.46. The first-order valence-electron chi connectivity index (χ1n) is 5.17. The number of rotatable bonds is 2. The Morgan fingerprint density at radius 1 is 1.50 bits per heavy atom. The van der Waals surface area contributed by atoms with Crippen molar-refractivity contribution >= 4 is 0 Å². The highest BCUT2D eigenvalue weighted by Gasteiger charge is 2.23. The van der Waals surface area contributed by atoms with Crippen LogP contribution in [0.2, 0.25) is 0 Å². The van der Waals surface area contributed by atoms with Crippen LogP contribution < -0.4 is 5.73 Å². The van der Waals surface area contributed by atoms with Crippen molar-refractivity contribution in [2.24, 2.45) is 5.73 Å². The molecule has 1 aliphatic rings. The SMILES string of the molecule is CC(c1ccncc1)N1CCC(N)C1. The lowest BCUT2D eigenvalue weighted by Crippen LogP contribution is -2.28. The molecule has 2 rings (SSSR count). The van der Waals surface area contributed by atoms with E-state index in [0.717, 1.165) is 19.5 Å². The molecule has 3 heteroatoms. The fraction of sp³-hybridized carbons (Fsp3) is 0.545. The first-order chi connectivity index (χ1) is 6.77. The Bertz CT molecular complexity index is 286. The average molecular weight is 191 g/mol. The van der Waals surface area contributed by atoms with Gasteiger partial charge >= 0.3 is 0 Å². The summed E-state index contributed by atoms with van der Waals surface area (Å²) in [5.41, 5.74) is 7.21. The molecule has 3 nitrogen and oxygen atoms in total. The molecule has 1 saturated heterocycles. The van der Waals surface area contributed by atoms with Gasteiger partial charge in [-0.15, -0.1) is 0 Å². The average Bonchev–Trinajstić information content (AvgIpc) is 2.65. The molecule has 0 radical (unpaired) electrons. The van der Waals surface area contributed by atoms with Gasteiger partial charge in [0, 0.05) is 37.6 Å². The second-order valence-corrected chi connectivity index (χ2v) is 4.00. The number of hydrogen-bond donors (Lipinski definition) is 1. The van der Waals surface area contributed by atoms with Crippen LogP contribution in [0.3, 0.4) is 0 Å². The number of nitrogens with two attached hydrogens (primary N) is 1. The minimum atomic E-state index is 0.360. The topological polar surface area (TPSA) is 42.2 Å². The molecule has 0 spiro atoms. The zero-order valence-corrected chi connectivity index (χ0v) is 8.56. The van der Waals surface area contributed by atoms with Gasteiger partial charge in [0.2, 0.25) is 0 Å². The van der Waals surface area contributed by atoms with Crippen LogP contribution in [0, 0.1) is 0 Å². The molecule has 0 bridgehead atoms. The molecule has 0 aromatic carbocycles. The molecular weight excluding hydrogens is 174 g/mol. The molecular formula is C11H17N3. The van der Waals surface area contributed by atoms with Crippen molar-refractivity contribution < 1.29 is 0 Å². The maximum atomic E-state index is 5.89. The summed E-state index contributed by atoms with van der Waals surface area (Å²) in [6.07, 6.45) is 4.82. The first kappa shape index (κ1) is 9.62.